The lowest BCUT2D eigenvalue weighted by Crippen LogP contribution is -2.40. The molecule has 1 fully saturated rings. The lowest BCUT2D eigenvalue weighted by Gasteiger charge is -2.23. The quantitative estimate of drug-likeness (QED) is 0.593. The first-order chi connectivity index (χ1) is 8.97. The van der Waals surface area contributed by atoms with Crippen LogP contribution in [0, 0.1) is 0 Å². The number of rotatable bonds is 4. The molecule has 0 aromatic rings. The van der Waals surface area contributed by atoms with E-state index in [0.29, 0.717) is 17.6 Å². The average molecular weight is 264 g/mol. The average Bonchev–Trinajstić information content (AvgIpc) is 3.11. The van der Waals surface area contributed by atoms with Gasteiger partial charge in [-0.3, -0.25) is 4.79 Å². The van der Waals surface area contributed by atoms with Crippen molar-refractivity contribution >= 4 is 5.78 Å². The van der Waals surface area contributed by atoms with Gasteiger partial charge in [0.15, 0.2) is 11.4 Å². The maximum Gasteiger partial charge on any atom is 0.197 e. The van der Waals surface area contributed by atoms with Gasteiger partial charge in [-0.25, -0.2) is 0 Å². The maximum atomic E-state index is 12.5. The van der Waals surface area contributed by atoms with Crippen molar-refractivity contribution in [2.24, 2.45) is 0 Å². The molecular weight excluding hydrogens is 244 g/mol. The SMILES string of the molecule is C/C=C/C1=C(CO)[C@@H](O)[C@@H]2O[C@]2(CC=C(C)C)C1=O. The third-order valence-corrected chi connectivity index (χ3v) is 3.68. The van der Waals surface area contributed by atoms with Gasteiger partial charge in [0.1, 0.15) is 12.2 Å². The topological polar surface area (TPSA) is 70.1 Å². The number of carbonyl (C=O) groups is 1. The zero-order valence-corrected chi connectivity index (χ0v) is 11.5. The van der Waals surface area contributed by atoms with E-state index in [2.05, 4.69) is 0 Å². The van der Waals surface area contributed by atoms with Gasteiger partial charge in [0.25, 0.3) is 0 Å². The van der Waals surface area contributed by atoms with Crippen LogP contribution in [-0.2, 0) is 9.53 Å². The number of epoxide rings is 1. The van der Waals surface area contributed by atoms with Crippen molar-refractivity contribution in [3.05, 3.63) is 34.9 Å². The number of Topliss-reactive ketones (excluding diaryl/α,β-unsaturated/α-hetero) is 1. The zero-order valence-electron chi connectivity index (χ0n) is 11.5. The normalized spacial score (nSPS) is 33.6. The number of carbonyl (C=O) groups excluding carboxylic acids is 1. The Morgan fingerprint density at radius 2 is 2.16 bits per heavy atom. The van der Waals surface area contributed by atoms with E-state index in [1.54, 1.807) is 19.1 Å². The van der Waals surface area contributed by atoms with Crippen LogP contribution in [-0.4, -0.2) is 40.4 Å². The Morgan fingerprint density at radius 1 is 1.47 bits per heavy atom. The summed E-state index contributed by atoms with van der Waals surface area (Å²) >= 11 is 0. The summed E-state index contributed by atoms with van der Waals surface area (Å²) in [5.41, 5.74) is 0.923. The van der Waals surface area contributed by atoms with Crippen molar-refractivity contribution in [3.63, 3.8) is 0 Å². The number of ketones is 1. The van der Waals surface area contributed by atoms with Gasteiger partial charge in [-0.1, -0.05) is 23.8 Å². The summed E-state index contributed by atoms with van der Waals surface area (Å²) < 4.78 is 5.52. The molecule has 19 heavy (non-hydrogen) atoms. The van der Waals surface area contributed by atoms with E-state index < -0.39 is 17.8 Å². The molecule has 104 valence electrons. The molecule has 0 aromatic carbocycles. The van der Waals surface area contributed by atoms with Gasteiger partial charge in [0, 0.05) is 12.0 Å². The van der Waals surface area contributed by atoms with Crippen LogP contribution < -0.4 is 0 Å². The van der Waals surface area contributed by atoms with Crippen LogP contribution in [0.5, 0.6) is 0 Å². The van der Waals surface area contributed by atoms with Crippen molar-refractivity contribution in [1.29, 1.82) is 0 Å². The molecule has 0 spiro atoms. The van der Waals surface area contributed by atoms with E-state index in [1.807, 2.05) is 19.9 Å². The van der Waals surface area contributed by atoms with E-state index in [-0.39, 0.29) is 12.4 Å². The van der Waals surface area contributed by atoms with Crippen LogP contribution >= 0.6 is 0 Å². The number of fused-ring (bicyclic) bond motifs is 1. The summed E-state index contributed by atoms with van der Waals surface area (Å²) in [5.74, 6) is -0.137. The van der Waals surface area contributed by atoms with Crippen LogP contribution in [0.4, 0.5) is 0 Å². The molecular formula is C15H20O4. The zero-order chi connectivity index (χ0) is 14.2. The summed E-state index contributed by atoms with van der Waals surface area (Å²) in [6, 6.07) is 0. The molecule has 0 amide bonds. The highest BCUT2D eigenvalue weighted by atomic mass is 16.6. The standard InChI is InChI=1S/C15H20O4/c1-4-5-10-11(8-16)12(17)14-15(19-14,13(10)18)7-6-9(2)3/h4-6,12,14,16-17H,7-8H2,1-3H3/b5-4+/t12-,14+,15-/m1/s1. The first-order valence-electron chi connectivity index (χ1n) is 6.48. The predicted octanol–water partition coefficient (Wildman–Crippen LogP) is 1.29. The van der Waals surface area contributed by atoms with E-state index in [4.69, 9.17) is 4.74 Å². The third kappa shape index (κ3) is 2.20. The molecule has 0 bridgehead atoms. The molecule has 3 atom stereocenters. The number of allylic oxidation sites excluding steroid dienone is 3. The number of hydrogen-bond donors (Lipinski definition) is 2. The van der Waals surface area contributed by atoms with Crippen LogP contribution in [0.15, 0.2) is 34.9 Å². The molecule has 1 aliphatic heterocycles. The fraction of sp³-hybridized carbons (Fsp3) is 0.533. The molecule has 0 unspecified atom stereocenters. The molecule has 4 nitrogen and oxygen atoms in total. The van der Waals surface area contributed by atoms with Crippen molar-refractivity contribution in [3.8, 4) is 0 Å². The van der Waals surface area contributed by atoms with Gasteiger partial charge in [-0.05, 0) is 26.3 Å². The molecule has 2 rings (SSSR count). The van der Waals surface area contributed by atoms with Gasteiger partial charge in [0.2, 0.25) is 0 Å². The number of aliphatic hydroxyl groups is 2. The first-order valence-corrected chi connectivity index (χ1v) is 6.48. The molecule has 0 aromatic heterocycles. The highest BCUT2D eigenvalue weighted by molar-refractivity contribution is 6.08. The van der Waals surface area contributed by atoms with Gasteiger partial charge in [-0.15, -0.1) is 0 Å². The Morgan fingerprint density at radius 3 is 2.68 bits per heavy atom. The molecule has 4 heteroatoms. The number of hydrogen-bond acceptors (Lipinski definition) is 4. The summed E-state index contributed by atoms with van der Waals surface area (Å²) in [6.07, 6.45) is 4.36. The van der Waals surface area contributed by atoms with Crippen molar-refractivity contribution in [2.75, 3.05) is 6.61 Å². The second-order valence-electron chi connectivity index (χ2n) is 5.28. The molecule has 2 N–H and O–H groups in total. The fourth-order valence-corrected chi connectivity index (χ4v) is 2.55. The Balaban J connectivity index is 2.38. The third-order valence-electron chi connectivity index (χ3n) is 3.68. The summed E-state index contributed by atoms with van der Waals surface area (Å²) in [4.78, 5) is 12.5. The van der Waals surface area contributed by atoms with Crippen LogP contribution in [0.1, 0.15) is 27.2 Å². The van der Waals surface area contributed by atoms with E-state index in [1.165, 1.54) is 0 Å². The van der Waals surface area contributed by atoms with Crippen molar-refractivity contribution in [2.45, 2.75) is 45.0 Å². The van der Waals surface area contributed by atoms with E-state index in [9.17, 15) is 15.0 Å². The molecule has 1 heterocycles. The Bertz CT molecular complexity index is 482. The maximum absolute atomic E-state index is 12.5. The minimum Gasteiger partial charge on any atom is -0.392 e. The second-order valence-corrected chi connectivity index (χ2v) is 5.28. The molecule has 0 saturated carbocycles. The Hall–Kier alpha value is -1.23. The van der Waals surface area contributed by atoms with E-state index >= 15 is 0 Å². The monoisotopic (exact) mass is 264 g/mol. The number of ether oxygens (including phenoxy) is 1. The minimum atomic E-state index is -0.926. The molecule has 1 saturated heterocycles. The summed E-state index contributed by atoms with van der Waals surface area (Å²) in [7, 11) is 0. The molecule has 2 aliphatic rings. The van der Waals surface area contributed by atoms with Gasteiger partial charge in [0.05, 0.1) is 6.61 Å². The van der Waals surface area contributed by atoms with Crippen LogP contribution in [0.3, 0.4) is 0 Å². The Kier molecular flexibility index (Phi) is 3.76. The lowest BCUT2D eigenvalue weighted by atomic mass is 9.79. The molecule has 1 aliphatic carbocycles. The smallest absolute Gasteiger partial charge is 0.197 e. The van der Waals surface area contributed by atoms with Gasteiger partial charge >= 0.3 is 0 Å². The second kappa shape index (κ2) is 5.04. The van der Waals surface area contributed by atoms with Crippen LogP contribution in [0.25, 0.3) is 0 Å². The highest BCUT2D eigenvalue weighted by Crippen LogP contribution is 2.50. The van der Waals surface area contributed by atoms with Crippen molar-refractivity contribution < 1.29 is 19.7 Å². The summed E-state index contributed by atoms with van der Waals surface area (Å²) in [6.45, 7) is 5.38. The summed E-state index contributed by atoms with van der Waals surface area (Å²) in [5, 5.41) is 19.5. The van der Waals surface area contributed by atoms with Gasteiger partial charge in [-0.2, -0.15) is 0 Å². The number of aliphatic hydroxyl groups excluding tert-OH is 2. The largest absolute Gasteiger partial charge is 0.392 e. The first kappa shape index (κ1) is 14.2. The predicted molar refractivity (Wildman–Crippen MR) is 71.6 cm³/mol. The van der Waals surface area contributed by atoms with Crippen LogP contribution in [0.2, 0.25) is 0 Å². The van der Waals surface area contributed by atoms with Crippen molar-refractivity contribution in [1.82, 2.24) is 0 Å². The Labute approximate surface area is 113 Å². The highest BCUT2D eigenvalue weighted by Gasteiger charge is 2.67. The fourth-order valence-electron chi connectivity index (χ4n) is 2.55. The van der Waals surface area contributed by atoms with E-state index in [0.717, 1.165) is 5.57 Å². The minimum absolute atomic E-state index is 0.137. The molecule has 0 radical (unpaired) electrons. The van der Waals surface area contributed by atoms with Gasteiger partial charge < -0.3 is 14.9 Å². The lowest BCUT2D eigenvalue weighted by molar-refractivity contribution is -0.120.